The first-order chi connectivity index (χ1) is 15.5. The minimum atomic E-state index is -0.0311. The summed E-state index contributed by atoms with van der Waals surface area (Å²) in [7, 11) is 0. The number of benzene rings is 1. The lowest BCUT2D eigenvalue weighted by Crippen LogP contribution is -2.50. The van der Waals surface area contributed by atoms with Crippen LogP contribution in [0.15, 0.2) is 40.2 Å². The van der Waals surface area contributed by atoms with Gasteiger partial charge in [0.05, 0.1) is 11.4 Å². The molecule has 1 N–H and O–H groups in total. The Morgan fingerprint density at radius 2 is 1.94 bits per heavy atom. The smallest absolute Gasteiger partial charge is 0.238 e. The van der Waals surface area contributed by atoms with E-state index in [2.05, 4.69) is 20.4 Å². The zero-order valence-electron chi connectivity index (χ0n) is 18.3. The summed E-state index contributed by atoms with van der Waals surface area (Å²) in [5, 5.41) is 8.94. The van der Waals surface area contributed by atoms with Crippen LogP contribution in [0, 0.1) is 13.8 Å². The van der Waals surface area contributed by atoms with Crippen molar-refractivity contribution in [2.75, 3.05) is 38.0 Å². The number of thiophene rings is 1. The number of carbonyl (C=O) groups is 2. The molecular weight excluding hydrogens is 426 g/mol. The van der Waals surface area contributed by atoms with Gasteiger partial charge < -0.3 is 14.7 Å². The van der Waals surface area contributed by atoms with Gasteiger partial charge in [0.15, 0.2) is 0 Å². The first-order valence-corrected chi connectivity index (χ1v) is 11.6. The van der Waals surface area contributed by atoms with E-state index in [4.69, 9.17) is 4.52 Å². The Morgan fingerprint density at radius 3 is 2.69 bits per heavy atom. The number of piperazine rings is 1. The molecule has 3 heterocycles. The number of nitrogens with one attached hydrogen (secondary N) is 1. The minimum absolute atomic E-state index is 0.0311. The maximum absolute atomic E-state index is 12.6. The molecule has 0 atom stereocenters. The Balaban J connectivity index is 1.20. The average molecular weight is 454 g/mol. The predicted octanol–water partition coefficient (Wildman–Crippen LogP) is 3.13. The molecule has 1 saturated heterocycles. The van der Waals surface area contributed by atoms with E-state index in [1.54, 1.807) is 11.3 Å². The number of anilines is 1. The number of rotatable bonds is 7. The molecule has 0 radical (unpaired) electrons. The Labute approximate surface area is 191 Å². The van der Waals surface area contributed by atoms with E-state index in [0.29, 0.717) is 57.3 Å². The second-order valence-corrected chi connectivity index (χ2v) is 8.89. The minimum Gasteiger partial charge on any atom is -0.340 e. The quantitative estimate of drug-likeness (QED) is 0.591. The van der Waals surface area contributed by atoms with Crippen LogP contribution in [0.2, 0.25) is 0 Å². The van der Waals surface area contributed by atoms with Crippen molar-refractivity contribution < 1.29 is 14.1 Å². The first-order valence-electron chi connectivity index (χ1n) is 10.7. The van der Waals surface area contributed by atoms with Crippen LogP contribution in [0.5, 0.6) is 0 Å². The summed E-state index contributed by atoms with van der Waals surface area (Å²) < 4.78 is 5.27. The molecule has 1 aliphatic rings. The molecule has 1 aliphatic heterocycles. The molecule has 1 fully saturated rings. The molecule has 0 bridgehead atoms. The summed E-state index contributed by atoms with van der Waals surface area (Å²) in [5.74, 6) is 1.08. The van der Waals surface area contributed by atoms with Crippen LogP contribution in [0.3, 0.4) is 0 Å². The lowest BCUT2D eigenvalue weighted by Gasteiger charge is -2.34. The van der Waals surface area contributed by atoms with Gasteiger partial charge in [0.1, 0.15) is 0 Å². The van der Waals surface area contributed by atoms with Crippen LogP contribution in [0.25, 0.3) is 10.7 Å². The number of hydrogen-bond acceptors (Lipinski definition) is 7. The van der Waals surface area contributed by atoms with Crippen LogP contribution < -0.4 is 5.32 Å². The largest absolute Gasteiger partial charge is 0.340 e. The number of aromatic nitrogens is 2. The number of hydrogen-bond donors (Lipinski definition) is 1. The van der Waals surface area contributed by atoms with Gasteiger partial charge in [0.25, 0.3) is 0 Å². The Hall–Kier alpha value is -3.04. The molecular formula is C23H27N5O3S. The zero-order valence-corrected chi connectivity index (χ0v) is 19.2. The summed E-state index contributed by atoms with van der Waals surface area (Å²) in [6, 6.07) is 9.77. The molecule has 168 valence electrons. The molecule has 0 aliphatic carbocycles. The molecule has 32 heavy (non-hydrogen) atoms. The van der Waals surface area contributed by atoms with E-state index in [0.717, 1.165) is 21.7 Å². The second kappa shape index (κ2) is 10.1. The van der Waals surface area contributed by atoms with Crippen molar-refractivity contribution in [2.24, 2.45) is 0 Å². The predicted molar refractivity (Wildman–Crippen MR) is 123 cm³/mol. The highest BCUT2D eigenvalue weighted by molar-refractivity contribution is 7.13. The molecule has 0 saturated carbocycles. The van der Waals surface area contributed by atoms with Gasteiger partial charge in [-0.25, -0.2) is 0 Å². The van der Waals surface area contributed by atoms with Crippen molar-refractivity contribution in [3.63, 3.8) is 0 Å². The molecule has 1 aromatic carbocycles. The molecule has 2 aromatic heterocycles. The second-order valence-electron chi connectivity index (χ2n) is 7.94. The fourth-order valence-corrected chi connectivity index (χ4v) is 4.32. The van der Waals surface area contributed by atoms with Gasteiger partial charge in [0.2, 0.25) is 23.5 Å². The van der Waals surface area contributed by atoms with Gasteiger partial charge in [-0.15, -0.1) is 11.3 Å². The number of nitrogens with zero attached hydrogens (tertiary/aromatic N) is 4. The molecule has 8 nitrogen and oxygen atoms in total. The van der Waals surface area contributed by atoms with E-state index < -0.39 is 0 Å². The fourth-order valence-electron chi connectivity index (χ4n) is 3.67. The Morgan fingerprint density at radius 1 is 1.12 bits per heavy atom. The molecule has 3 aromatic rings. The highest BCUT2D eigenvalue weighted by atomic mass is 32.1. The Bertz CT molecular complexity index is 1070. The lowest BCUT2D eigenvalue weighted by atomic mass is 10.1. The molecule has 9 heteroatoms. The van der Waals surface area contributed by atoms with Crippen molar-refractivity contribution in [2.45, 2.75) is 26.7 Å². The maximum atomic E-state index is 12.6. The molecule has 0 spiro atoms. The van der Waals surface area contributed by atoms with Crippen molar-refractivity contribution in [1.29, 1.82) is 0 Å². The van der Waals surface area contributed by atoms with Crippen molar-refractivity contribution >= 4 is 28.8 Å². The first kappa shape index (κ1) is 22.2. The Kier molecular flexibility index (Phi) is 6.96. The van der Waals surface area contributed by atoms with E-state index in [1.807, 2.05) is 54.5 Å². The van der Waals surface area contributed by atoms with Crippen LogP contribution in [0.1, 0.15) is 23.4 Å². The third kappa shape index (κ3) is 5.41. The van der Waals surface area contributed by atoms with Crippen molar-refractivity contribution in [1.82, 2.24) is 19.9 Å². The van der Waals surface area contributed by atoms with Crippen molar-refractivity contribution in [3.05, 3.63) is 52.7 Å². The standard InChI is InChI=1S/C23H27N5O3S/c1-16-5-3-6-18(17(16)2)24-20(29)15-27-10-12-28(13-11-27)22(30)9-8-21-25-23(26-31-21)19-7-4-14-32-19/h3-7,14H,8-13,15H2,1-2H3,(H,24,29). The van der Waals surface area contributed by atoms with Crippen LogP contribution >= 0.6 is 11.3 Å². The highest BCUT2D eigenvalue weighted by Crippen LogP contribution is 2.22. The summed E-state index contributed by atoms with van der Waals surface area (Å²) >= 11 is 1.55. The molecule has 4 rings (SSSR count). The normalized spacial score (nSPS) is 14.5. The van der Waals surface area contributed by atoms with Crippen LogP contribution in [0.4, 0.5) is 5.69 Å². The SMILES string of the molecule is Cc1cccc(NC(=O)CN2CCN(C(=O)CCc3nc(-c4cccs4)no3)CC2)c1C. The number of amides is 2. The van der Waals surface area contributed by atoms with Crippen LogP contribution in [-0.2, 0) is 16.0 Å². The van der Waals surface area contributed by atoms with Gasteiger partial charge in [-0.05, 0) is 42.5 Å². The zero-order chi connectivity index (χ0) is 22.5. The van der Waals surface area contributed by atoms with Crippen molar-refractivity contribution in [3.8, 4) is 10.7 Å². The van der Waals surface area contributed by atoms with E-state index >= 15 is 0 Å². The summed E-state index contributed by atoms with van der Waals surface area (Å²) in [6.45, 7) is 6.93. The average Bonchev–Trinajstić information content (AvgIpc) is 3.48. The maximum Gasteiger partial charge on any atom is 0.238 e. The van der Waals surface area contributed by atoms with Gasteiger partial charge in [-0.1, -0.05) is 23.4 Å². The van der Waals surface area contributed by atoms with Gasteiger partial charge >= 0.3 is 0 Å². The topological polar surface area (TPSA) is 91.6 Å². The van der Waals surface area contributed by atoms with E-state index in [-0.39, 0.29) is 11.8 Å². The summed E-state index contributed by atoms with van der Waals surface area (Å²) in [5.41, 5.74) is 3.09. The van der Waals surface area contributed by atoms with Gasteiger partial charge in [-0.2, -0.15) is 4.98 Å². The van der Waals surface area contributed by atoms with E-state index in [9.17, 15) is 9.59 Å². The molecule has 2 amide bonds. The van der Waals surface area contributed by atoms with Gasteiger partial charge in [0, 0.05) is 44.7 Å². The third-order valence-electron chi connectivity index (χ3n) is 5.73. The van der Waals surface area contributed by atoms with Crippen LogP contribution in [-0.4, -0.2) is 64.5 Å². The van der Waals surface area contributed by atoms with E-state index in [1.165, 1.54) is 0 Å². The number of aryl methyl sites for hydroxylation is 2. The monoisotopic (exact) mass is 453 g/mol. The molecule has 0 unspecified atom stereocenters. The summed E-state index contributed by atoms with van der Waals surface area (Å²) in [6.07, 6.45) is 0.759. The fraction of sp³-hybridized carbons (Fsp3) is 0.391. The van der Waals surface area contributed by atoms with Gasteiger partial charge in [-0.3, -0.25) is 14.5 Å². The lowest BCUT2D eigenvalue weighted by molar-refractivity contribution is -0.133. The highest BCUT2D eigenvalue weighted by Gasteiger charge is 2.23. The summed E-state index contributed by atoms with van der Waals surface area (Å²) in [4.78, 5) is 34.3. The third-order valence-corrected chi connectivity index (χ3v) is 6.60. The number of carbonyl (C=O) groups excluding carboxylic acids is 2.